The van der Waals surface area contributed by atoms with Gasteiger partial charge in [-0.2, -0.15) is 5.10 Å². The summed E-state index contributed by atoms with van der Waals surface area (Å²) < 4.78 is 5.50. The number of nitrogens with zero attached hydrogens (tertiary/aromatic N) is 1. The standard InChI is InChI=1S/C18H20ClN3O2/c1-3-24-17-10-5-4-7-14(17)11-21-22-18(23)12-20-16-9-6-8-15(19)13(16)2/h4-11,20H,3,12H2,1-2H3,(H,22,23)/b21-11-. The zero-order valence-electron chi connectivity index (χ0n) is 13.7. The fraction of sp³-hybridized carbons (Fsp3) is 0.222. The van der Waals surface area contributed by atoms with Gasteiger partial charge in [0.2, 0.25) is 0 Å². The molecule has 24 heavy (non-hydrogen) atoms. The van der Waals surface area contributed by atoms with Gasteiger partial charge in [-0.25, -0.2) is 5.43 Å². The van der Waals surface area contributed by atoms with Crippen LogP contribution in [0.15, 0.2) is 47.6 Å². The molecule has 2 rings (SSSR count). The number of nitrogens with one attached hydrogen (secondary N) is 2. The molecule has 0 atom stereocenters. The third-order valence-electron chi connectivity index (χ3n) is 3.32. The highest BCUT2D eigenvalue weighted by atomic mass is 35.5. The van der Waals surface area contributed by atoms with Gasteiger partial charge in [-0.15, -0.1) is 0 Å². The molecule has 0 radical (unpaired) electrons. The Morgan fingerprint density at radius 3 is 2.83 bits per heavy atom. The number of carbonyl (C=O) groups excluding carboxylic acids is 1. The van der Waals surface area contributed by atoms with Gasteiger partial charge in [0.05, 0.1) is 19.4 Å². The SMILES string of the molecule is CCOc1ccccc1/C=N\NC(=O)CNc1cccc(Cl)c1C. The molecule has 1 amide bonds. The summed E-state index contributed by atoms with van der Waals surface area (Å²) in [6.07, 6.45) is 1.56. The van der Waals surface area contributed by atoms with Crippen LogP contribution in [0.1, 0.15) is 18.1 Å². The van der Waals surface area contributed by atoms with Crippen molar-refractivity contribution < 1.29 is 9.53 Å². The maximum absolute atomic E-state index is 11.9. The number of carbonyl (C=O) groups is 1. The van der Waals surface area contributed by atoms with E-state index in [2.05, 4.69) is 15.8 Å². The molecule has 2 aromatic rings. The minimum Gasteiger partial charge on any atom is -0.493 e. The molecule has 0 unspecified atom stereocenters. The van der Waals surface area contributed by atoms with Crippen molar-refractivity contribution in [1.29, 1.82) is 0 Å². The lowest BCUT2D eigenvalue weighted by Gasteiger charge is -2.09. The average Bonchev–Trinajstić information content (AvgIpc) is 2.58. The number of para-hydroxylation sites is 1. The minimum absolute atomic E-state index is 0.103. The first kappa shape index (κ1) is 17.8. The number of hydrazone groups is 1. The van der Waals surface area contributed by atoms with Crippen LogP contribution in [0.4, 0.5) is 5.69 Å². The van der Waals surface area contributed by atoms with Gasteiger partial charge in [0, 0.05) is 16.3 Å². The predicted molar refractivity (Wildman–Crippen MR) is 98.0 cm³/mol. The van der Waals surface area contributed by atoms with Crippen LogP contribution in [0.25, 0.3) is 0 Å². The Labute approximate surface area is 146 Å². The highest BCUT2D eigenvalue weighted by Crippen LogP contribution is 2.22. The van der Waals surface area contributed by atoms with Gasteiger partial charge in [0.1, 0.15) is 5.75 Å². The highest BCUT2D eigenvalue weighted by molar-refractivity contribution is 6.31. The molecule has 0 aliphatic carbocycles. The van der Waals surface area contributed by atoms with Crippen LogP contribution in [0, 0.1) is 6.92 Å². The zero-order valence-corrected chi connectivity index (χ0v) is 14.4. The Hall–Kier alpha value is -2.53. The molecule has 0 fully saturated rings. The minimum atomic E-state index is -0.250. The summed E-state index contributed by atoms with van der Waals surface area (Å²) in [5, 5.41) is 7.66. The van der Waals surface area contributed by atoms with E-state index in [9.17, 15) is 4.79 Å². The monoisotopic (exact) mass is 345 g/mol. The van der Waals surface area contributed by atoms with Crippen molar-refractivity contribution in [3.05, 3.63) is 58.6 Å². The molecule has 6 heteroatoms. The van der Waals surface area contributed by atoms with E-state index in [1.165, 1.54) is 0 Å². The van der Waals surface area contributed by atoms with Crippen LogP contribution in [-0.4, -0.2) is 25.3 Å². The molecule has 0 saturated heterocycles. The van der Waals surface area contributed by atoms with E-state index in [0.717, 1.165) is 22.6 Å². The normalized spacial score (nSPS) is 10.6. The molecule has 0 aromatic heterocycles. The summed E-state index contributed by atoms with van der Waals surface area (Å²) >= 11 is 6.05. The van der Waals surface area contributed by atoms with Crippen molar-refractivity contribution in [1.82, 2.24) is 5.43 Å². The molecule has 0 heterocycles. The lowest BCUT2D eigenvalue weighted by atomic mass is 10.2. The molecule has 0 saturated carbocycles. The van der Waals surface area contributed by atoms with Gasteiger partial charge >= 0.3 is 0 Å². The second kappa shape index (κ2) is 8.93. The van der Waals surface area contributed by atoms with Gasteiger partial charge in [-0.05, 0) is 43.7 Å². The first-order chi connectivity index (χ1) is 11.6. The molecular formula is C18H20ClN3O2. The molecule has 2 N–H and O–H groups in total. The number of hydrogen-bond acceptors (Lipinski definition) is 4. The molecule has 0 bridgehead atoms. The fourth-order valence-electron chi connectivity index (χ4n) is 2.06. The third-order valence-corrected chi connectivity index (χ3v) is 3.73. The summed E-state index contributed by atoms with van der Waals surface area (Å²) in [5.41, 5.74) is 5.01. The summed E-state index contributed by atoms with van der Waals surface area (Å²) in [7, 11) is 0. The summed E-state index contributed by atoms with van der Waals surface area (Å²) in [6, 6.07) is 13.0. The van der Waals surface area contributed by atoms with Crippen LogP contribution in [-0.2, 0) is 4.79 Å². The third kappa shape index (κ3) is 4.99. The molecule has 0 spiro atoms. The van der Waals surface area contributed by atoms with Gasteiger partial charge in [-0.1, -0.05) is 29.8 Å². The first-order valence-corrected chi connectivity index (χ1v) is 8.02. The van der Waals surface area contributed by atoms with Crippen molar-refractivity contribution in [2.75, 3.05) is 18.5 Å². The lowest BCUT2D eigenvalue weighted by molar-refractivity contribution is -0.119. The van der Waals surface area contributed by atoms with Crippen LogP contribution in [0.5, 0.6) is 5.75 Å². The number of amides is 1. The van der Waals surface area contributed by atoms with E-state index < -0.39 is 0 Å². The van der Waals surface area contributed by atoms with Gasteiger partial charge in [0.25, 0.3) is 5.91 Å². The number of ether oxygens (including phenoxy) is 1. The van der Waals surface area contributed by atoms with E-state index in [1.807, 2.05) is 56.3 Å². The number of anilines is 1. The van der Waals surface area contributed by atoms with Crippen molar-refractivity contribution >= 4 is 29.4 Å². The number of benzene rings is 2. The van der Waals surface area contributed by atoms with E-state index in [4.69, 9.17) is 16.3 Å². The number of hydrogen-bond donors (Lipinski definition) is 2. The maximum atomic E-state index is 11.9. The summed E-state index contributed by atoms with van der Waals surface area (Å²) in [5.74, 6) is 0.477. The molecule has 0 aliphatic heterocycles. The quantitative estimate of drug-likeness (QED) is 0.595. The largest absolute Gasteiger partial charge is 0.493 e. The molecule has 2 aromatic carbocycles. The predicted octanol–water partition coefficient (Wildman–Crippen LogP) is 3.61. The van der Waals surface area contributed by atoms with E-state index in [1.54, 1.807) is 6.21 Å². The smallest absolute Gasteiger partial charge is 0.259 e. The Morgan fingerprint density at radius 1 is 1.25 bits per heavy atom. The average molecular weight is 346 g/mol. The summed E-state index contributed by atoms with van der Waals surface area (Å²) in [4.78, 5) is 11.9. The Morgan fingerprint density at radius 2 is 2.04 bits per heavy atom. The van der Waals surface area contributed by atoms with E-state index >= 15 is 0 Å². The van der Waals surface area contributed by atoms with Gasteiger partial charge in [-0.3, -0.25) is 4.79 Å². The molecular weight excluding hydrogens is 326 g/mol. The van der Waals surface area contributed by atoms with Crippen molar-refractivity contribution in [2.24, 2.45) is 5.10 Å². The Bertz CT molecular complexity index is 732. The lowest BCUT2D eigenvalue weighted by Crippen LogP contribution is -2.26. The maximum Gasteiger partial charge on any atom is 0.259 e. The van der Waals surface area contributed by atoms with Gasteiger partial charge < -0.3 is 10.1 Å². The number of halogens is 1. The Balaban J connectivity index is 1.88. The van der Waals surface area contributed by atoms with Crippen LogP contribution in [0.3, 0.4) is 0 Å². The summed E-state index contributed by atoms with van der Waals surface area (Å²) in [6.45, 7) is 4.48. The highest BCUT2D eigenvalue weighted by Gasteiger charge is 2.04. The second-order valence-corrected chi connectivity index (χ2v) is 5.44. The Kier molecular flexibility index (Phi) is 6.63. The first-order valence-electron chi connectivity index (χ1n) is 7.64. The van der Waals surface area contributed by atoms with Gasteiger partial charge in [0.15, 0.2) is 0 Å². The molecule has 5 nitrogen and oxygen atoms in total. The van der Waals surface area contributed by atoms with Crippen LogP contribution < -0.4 is 15.5 Å². The van der Waals surface area contributed by atoms with Crippen molar-refractivity contribution in [3.63, 3.8) is 0 Å². The number of rotatable bonds is 7. The van der Waals surface area contributed by atoms with E-state index in [-0.39, 0.29) is 12.5 Å². The second-order valence-electron chi connectivity index (χ2n) is 5.03. The molecule has 0 aliphatic rings. The zero-order chi connectivity index (χ0) is 17.4. The fourth-order valence-corrected chi connectivity index (χ4v) is 2.24. The molecule has 126 valence electrons. The van der Waals surface area contributed by atoms with Crippen LogP contribution in [0.2, 0.25) is 5.02 Å². The topological polar surface area (TPSA) is 62.7 Å². The van der Waals surface area contributed by atoms with E-state index in [0.29, 0.717) is 11.6 Å². The van der Waals surface area contributed by atoms with Crippen molar-refractivity contribution in [3.8, 4) is 5.75 Å². The van der Waals surface area contributed by atoms with Crippen LogP contribution >= 0.6 is 11.6 Å². The van der Waals surface area contributed by atoms with Crippen molar-refractivity contribution in [2.45, 2.75) is 13.8 Å².